The highest BCUT2D eigenvalue weighted by atomic mass is 35.5. The van der Waals surface area contributed by atoms with E-state index in [1.54, 1.807) is 36.3 Å². The molecule has 10 heteroatoms. The molecule has 2 aromatic rings. The first-order chi connectivity index (χ1) is 14.4. The summed E-state index contributed by atoms with van der Waals surface area (Å²) >= 11 is 17.5. The zero-order valence-corrected chi connectivity index (χ0v) is 18.4. The van der Waals surface area contributed by atoms with Gasteiger partial charge in [0.05, 0.1) is 19.2 Å². The van der Waals surface area contributed by atoms with Crippen molar-refractivity contribution in [2.45, 2.75) is 12.5 Å². The average molecular weight is 467 g/mol. The van der Waals surface area contributed by atoms with Crippen molar-refractivity contribution in [3.8, 4) is 5.75 Å². The molecule has 0 spiro atoms. The van der Waals surface area contributed by atoms with Crippen LogP contribution in [-0.4, -0.2) is 48.1 Å². The summed E-state index contributed by atoms with van der Waals surface area (Å²) in [6, 6.07) is 11.3. The van der Waals surface area contributed by atoms with Crippen LogP contribution in [0.1, 0.15) is 6.42 Å². The van der Waals surface area contributed by atoms with E-state index >= 15 is 0 Å². The number of carbonyl (C=O) groups is 2. The van der Waals surface area contributed by atoms with Gasteiger partial charge >= 0.3 is 0 Å². The number of ether oxygens (including phenoxy) is 1. The van der Waals surface area contributed by atoms with Gasteiger partial charge in [0.1, 0.15) is 11.8 Å². The van der Waals surface area contributed by atoms with Gasteiger partial charge in [-0.3, -0.25) is 9.59 Å². The number of halogens is 2. The number of benzene rings is 2. The molecule has 0 radical (unpaired) electrons. The average Bonchev–Trinajstić information content (AvgIpc) is 2.69. The fourth-order valence-electron chi connectivity index (χ4n) is 3.11. The Labute approximate surface area is 189 Å². The third-order valence-corrected chi connectivity index (χ3v) is 5.24. The molecule has 0 aliphatic carbocycles. The summed E-state index contributed by atoms with van der Waals surface area (Å²) in [6.07, 6.45) is -0.0935. The SMILES string of the molecule is COc1ccccc1NC(=S)N1CCNC(=O)[C@@H]1CC(=O)Nc1cc(Cl)cc(Cl)c1. The number of methoxy groups -OCH3 is 1. The van der Waals surface area contributed by atoms with Gasteiger partial charge in [-0.1, -0.05) is 35.3 Å². The number of thiocarbonyl (C=S) groups is 1. The van der Waals surface area contributed by atoms with Crippen LogP contribution < -0.4 is 20.7 Å². The van der Waals surface area contributed by atoms with E-state index in [1.807, 2.05) is 18.2 Å². The number of rotatable bonds is 5. The van der Waals surface area contributed by atoms with Crippen molar-refractivity contribution in [1.29, 1.82) is 0 Å². The van der Waals surface area contributed by atoms with Crippen LogP contribution in [0.3, 0.4) is 0 Å². The maximum Gasteiger partial charge on any atom is 0.243 e. The van der Waals surface area contributed by atoms with E-state index in [1.165, 1.54) is 0 Å². The van der Waals surface area contributed by atoms with Gasteiger partial charge in [0.25, 0.3) is 0 Å². The molecule has 1 fully saturated rings. The van der Waals surface area contributed by atoms with E-state index in [-0.39, 0.29) is 18.2 Å². The summed E-state index contributed by atoms with van der Waals surface area (Å²) in [5.41, 5.74) is 1.13. The van der Waals surface area contributed by atoms with E-state index in [9.17, 15) is 9.59 Å². The zero-order chi connectivity index (χ0) is 21.7. The lowest BCUT2D eigenvalue weighted by molar-refractivity contribution is -0.130. The van der Waals surface area contributed by atoms with Gasteiger partial charge in [0, 0.05) is 28.8 Å². The number of carbonyl (C=O) groups excluding carboxylic acids is 2. The van der Waals surface area contributed by atoms with Gasteiger partial charge < -0.3 is 25.6 Å². The number of nitrogens with one attached hydrogen (secondary N) is 3. The Bertz CT molecular complexity index is 953. The minimum absolute atomic E-state index is 0.0935. The third kappa shape index (κ3) is 5.53. The summed E-state index contributed by atoms with van der Waals surface area (Å²) in [6.45, 7) is 0.891. The van der Waals surface area contributed by atoms with Gasteiger partial charge in [-0.2, -0.15) is 0 Å². The van der Waals surface area contributed by atoms with Crippen LogP contribution >= 0.6 is 35.4 Å². The zero-order valence-electron chi connectivity index (χ0n) is 16.1. The summed E-state index contributed by atoms with van der Waals surface area (Å²) in [7, 11) is 1.56. The second kappa shape index (κ2) is 9.97. The van der Waals surface area contributed by atoms with Crippen molar-refractivity contribution < 1.29 is 14.3 Å². The van der Waals surface area contributed by atoms with Crippen LogP contribution in [0.25, 0.3) is 0 Å². The standard InChI is InChI=1S/C20H20Cl2N4O3S/c1-29-17-5-3-2-4-15(17)25-20(30)26-7-6-23-19(28)16(26)11-18(27)24-14-9-12(21)8-13(22)10-14/h2-5,8-10,16H,6-7,11H2,1H3,(H,23,28)(H,24,27)(H,25,30)/t16-/m0/s1. The predicted molar refractivity (Wildman–Crippen MR) is 122 cm³/mol. The van der Waals surface area contributed by atoms with Gasteiger partial charge in [0.2, 0.25) is 11.8 Å². The molecule has 2 amide bonds. The first kappa shape index (κ1) is 22.1. The predicted octanol–water partition coefficient (Wildman–Crippen LogP) is 3.53. The molecule has 0 aromatic heterocycles. The van der Waals surface area contributed by atoms with Crippen molar-refractivity contribution in [2.24, 2.45) is 0 Å². The number of anilines is 2. The van der Waals surface area contributed by atoms with E-state index in [4.69, 9.17) is 40.2 Å². The van der Waals surface area contributed by atoms with Crippen LogP contribution in [0.5, 0.6) is 5.75 Å². The Hall–Kier alpha value is -2.55. The quantitative estimate of drug-likeness (QED) is 0.584. The van der Waals surface area contributed by atoms with Gasteiger partial charge in [-0.05, 0) is 42.5 Å². The largest absolute Gasteiger partial charge is 0.495 e. The van der Waals surface area contributed by atoms with Crippen molar-refractivity contribution in [2.75, 3.05) is 30.8 Å². The highest BCUT2D eigenvalue weighted by Gasteiger charge is 2.33. The van der Waals surface area contributed by atoms with E-state index in [0.29, 0.717) is 45.4 Å². The molecule has 1 saturated heterocycles. The Morgan fingerprint density at radius 1 is 1.23 bits per heavy atom. The van der Waals surface area contributed by atoms with Gasteiger partial charge in [-0.25, -0.2) is 0 Å². The molecule has 1 heterocycles. The summed E-state index contributed by atoms with van der Waals surface area (Å²) in [4.78, 5) is 26.8. The molecule has 3 N–H and O–H groups in total. The van der Waals surface area contributed by atoms with Crippen molar-refractivity contribution in [1.82, 2.24) is 10.2 Å². The molecule has 1 aliphatic rings. The maximum absolute atomic E-state index is 12.6. The lowest BCUT2D eigenvalue weighted by Gasteiger charge is -2.36. The molecule has 3 rings (SSSR count). The fourth-order valence-corrected chi connectivity index (χ4v) is 3.96. The molecule has 7 nitrogen and oxygen atoms in total. The van der Waals surface area contributed by atoms with E-state index in [0.717, 1.165) is 0 Å². The number of piperazine rings is 1. The van der Waals surface area contributed by atoms with Gasteiger partial charge in [-0.15, -0.1) is 0 Å². The number of para-hydroxylation sites is 2. The van der Waals surface area contributed by atoms with Crippen LogP contribution in [0.4, 0.5) is 11.4 Å². The van der Waals surface area contributed by atoms with Crippen molar-refractivity contribution in [3.63, 3.8) is 0 Å². The second-order valence-electron chi connectivity index (χ2n) is 6.54. The third-order valence-electron chi connectivity index (χ3n) is 4.47. The molecule has 158 valence electrons. The van der Waals surface area contributed by atoms with E-state index < -0.39 is 6.04 Å². The van der Waals surface area contributed by atoms with Crippen LogP contribution in [0.15, 0.2) is 42.5 Å². The smallest absolute Gasteiger partial charge is 0.243 e. The minimum atomic E-state index is -0.761. The normalized spacial score (nSPS) is 15.9. The highest BCUT2D eigenvalue weighted by Crippen LogP contribution is 2.25. The number of hydrogen-bond donors (Lipinski definition) is 3. The minimum Gasteiger partial charge on any atom is -0.495 e. The first-order valence-corrected chi connectivity index (χ1v) is 10.3. The molecule has 1 atom stereocenters. The molecule has 0 bridgehead atoms. The van der Waals surface area contributed by atoms with Crippen molar-refractivity contribution >= 4 is 63.7 Å². The molecule has 1 aliphatic heterocycles. The Kier molecular flexibility index (Phi) is 7.36. The molecular formula is C20H20Cl2N4O3S. The monoisotopic (exact) mass is 466 g/mol. The molecule has 0 unspecified atom stereocenters. The number of nitrogens with zero attached hydrogens (tertiary/aromatic N) is 1. The molecule has 30 heavy (non-hydrogen) atoms. The molecule has 2 aromatic carbocycles. The highest BCUT2D eigenvalue weighted by molar-refractivity contribution is 7.80. The molecule has 0 saturated carbocycles. The van der Waals surface area contributed by atoms with E-state index in [2.05, 4.69) is 16.0 Å². The maximum atomic E-state index is 12.6. The Balaban J connectivity index is 1.71. The number of amides is 2. The van der Waals surface area contributed by atoms with Gasteiger partial charge in [0.15, 0.2) is 5.11 Å². The summed E-state index contributed by atoms with van der Waals surface area (Å²) in [5, 5.41) is 9.73. The van der Waals surface area contributed by atoms with Crippen LogP contribution in [0.2, 0.25) is 10.0 Å². The summed E-state index contributed by atoms with van der Waals surface area (Å²) < 4.78 is 5.33. The molecular weight excluding hydrogens is 447 g/mol. The first-order valence-electron chi connectivity index (χ1n) is 9.11. The lowest BCUT2D eigenvalue weighted by atomic mass is 10.1. The van der Waals surface area contributed by atoms with Crippen LogP contribution in [0, 0.1) is 0 Å². The van der Waals surface area contributed by atoms with Crippen LogP contribution in [-0.2, 0) is 9.59 Å². The topological polar surface area (TPSA) is 82.7 Å². The Morgan fingerprint density at radius 3 is 2.63 bits per heavy atom. The lowest BCUT2D eigenvalue weighted by Crippen LogP contribution is -2.58. The Morgan fingerprint density at radius 2 is 1.93 bits per heavy atom. The fraction of sp³-hybridized carbons (Fsp3) is 0.250. The van der Waals surface area contributed by atoms with Crippen molar-refractivity contribution in [3.05, 3.63) is 52.5 Å². The summed E-state index contributed by atoms with van der Waals surface area (Å²) in [5.74, 6) is -0.0152. The number of hydrogen-bond acceptors (Lipinski definition) is 4. The second-order valence-corrected chi connectivity index (χ2v) is 7.80.